The summed E-state index contributed by atoms with van der Waals surface area (Å²) in [5.41, 5.74) is 12.3. The first kappa shape index (κ1) is 29.0. The van der Waals surface area contributed by atoms with Crippen LogP contribution in [0.25, 0.3) is 5.69 Å². The lowest BCUT2D eigenvalue weighted by atomic mass is 9.61. The number of benzene rings is 1. The minimum Gasteiger partial charge on any atom is -0.394 e. The number of urea groups is 1. The largest absolute Gasteiger partial charge is 0.394 e. The SMILES string of the molecule is CC(N)(CO)C(=O)N1CCN(C(=O)Nc2ccn(-c3ccc(CN4CC5(CC(N)C5)C4)cc3)c(=O)n2)CC1.Cl. The molecule has 2 aliphatic heterocycles. The Bertz CT molecular complexity index is 1250. The topological polar surface area (TPSA) is 163 Å². The van der Waals surface area contributed by atoms with Crippen molar-refractivity contribution in [3.63, 3.8) is 0 Å². The van der Waals surface area contributed by atoms with Crippen LogP contribution in [0.3, 0.4) is 0 Å². The number of amides is 3. The van der Waals surface area contributed by atoms with Crippen LogP contribution < -0.4 is 22.5 Å². The molecule has 1 aromatic heterocycles. The third-order valence-electron chi connectivity index (χ3n) is 7.84. The van der Waals surface area contributed by atoms with E-state index in [0.29, 0.717) is 43.3 Å². The lowest BCUT2D eigenvalue weighted by Crippen LogP contribution is -2.64. The Morgan fingerprint density at radius 1 is 1.10 bits per heavy atom. The maximum absolute atomic E-state index is 12.7. The fraction of sp³-hybridized carbons (Fsp3) is 0.538. The summed E-state index contributed by atoms with van der Waals surface area (Å²) in [5.74, 6) is -0.199. The number of hydrogen-bond donors (Lipinski definition) is 4. The van der Waals surface area contributed by atoms with Gasteiger partial charge in [-0.1, -0.05) is 12.1 Å². The molecule has 3 aliphatic rings. The number of aliphatic hydroxyl groups is 1. The normalized spacial score (nSPS) is 20.4. The predicted octanol–water partition coefficient (Wildman–Crippen LogP) is -0.0368. The van der Waals surface area contributed by atoms with E-state index in [2.05, 4.69) is 15.2 Å². The van der Waals surface area contributed by atoms with Crippen LogP contribution in [0.4, 0.5) is 10.6 Å². The number of hydrogen-bond acceptors (Lipinski definition) is 8. The summed E-state index contributed by atoms with van der Waals surface area (Å²) in [6.45, 7) is 5.31. The molecular weight excluding hydrogens is 524 g/mol. The molecule has 0 radical (unpaired) electrons. The lowest BCUT2D eigenvalue weighted by Gasteiger charge is -2.58. The Morgan fingerprint density at radius 3 is 2.28 bits per heavy atom. The molecule has 3 amide bonds. The van der Waals surface area contributed by atoms with E-state index < -0.39 is 23.9 Å². The van der Waals surface area contributed by atoms with Gasteiger partial charge in [-0.2, -0.15) is 4.98 Å². The van der Waals surface area contributed by atoms with Crippen LogP contribution in [0.2, 0.25) is 0 Å². The summed E-state index contributed by atoms with van der Waals surface area (Å²) < 4.78 is 1.43. The Balaban J connectivity index is 0.00000353. The third-order valence-corrected chi connectivity index (χ3v) is 7.84. The number of halogens is 1. The highest BCUT2D eigenvalue weighted by molar-refractivity contribution is 5.89. The standard InChI is InChI=1S/C26H36N8O4.ClH/c1-25(28,17-35)22(36)32-8-10-33(11-9-32)23(37)29-21-6-7-34(24(38)30-21)20-4-2-18(3-5-20)14-31-15-26(16-31)12-19(27)13-26;/h2-7,19,35H,8-17,27-28H2,1H3,(H,29,30,37,38);1H. The molecule has 1 aromatic carbocycles. The van der Waals surface area contributed by atoms with E-state index in [0.717, 1.165) is 32.5 Å². The van der Waals surface area contributed by atoms with Gasteiger partial charge in [0.05, 0.1) is 12.3 Å². The molecule has 1 spiro atoms. The summed E-state index contributed by atoms with van der Waals surface area (Å²) in [7, 11) is 0. The maximum atomic E-state index is 12.7. The van der Waals surface area contributed by atoms with Crippen molar-refractivity contribution in [2.24, 2.45) is 16.9 Å². The Kier molecular flexibility index (Phi) is 8.33. The smallest absolute Gasteiger partial charge is 0.354 e. The van der Waals surface area contributed by atoms with Crippen LogP contribution in [0.5, 0.6) is 0 Å². The van der Waals surface area contributed by atoms with E-state index in [1.165, 1.54) is 22.0 Å². The van der Waals surface area contributed by atoms with Crippen LogP contribution >= 0.6 is 12.4 Å². The van der Waals surface area contributed by atoms with E-state index in [1.54, 1.807) is 17.2 Å². The second kappa shape index (κ2) is 11.2. The number of nitrogens with zero attached hydrogens (tertiary/aromatic N) is 5. The van der Waals surface area contributed by atoms with Crippen molar-refractivity contribution in [3.05, 3.63) is 52.6 Å². The monoisotopic (exact) mass is 560 g/mol. The van der Waals surface area contributed by atoms with Gasteiger partial charge in [-0.15, -0.1) is 12.4 Å². The van der Waals surface area contributed by atoms with Crippen molar-refractivity contribution in [1.29, 1.82) is 0 Å². The van der Waals surface area contributed by atoms with Crippen molar-refractivity contribution >= 4 is 30.2 Å². The number of nitrogens with one attached hydrogen (secondary N) is 1. The van der Waals surface area contributed by atoms with Gasteiger partial charge in [-0.25, -0.2) is 9.59 Å². The fourth-order valence-corrected chi connectivity index (χ4v) is 5.74. The summed E-state index contributed by atoms with van der Waals surface area (Å²) in [6, 6.07) is 9.39. The van der Waals surface area contributed by atoms with Gasteiger partial charge in [0, 0.05) is 58.1 Å². The molecule has 1 atom stereocenters. The number of rotatable bonds is 6. The molecule has 12 nitrogen and oxygen atoms in total. The highest BCUT2D eigenvalue weighted by Crippen LogP contribution is 2.47. The van der Waals surface area contributed by atoms with E-state index >= 15 is 0 Å². The Morgan fingerprint density at radius 2 is 1.72 bits per heavy atom. The molecule has 1 aliphatic carbocycles. The fourth-order valence-electron chi connectivity index (χ4n) is 5.74. The van der Waals surface area contributed by atoms with E-state index in [-0.39, 0.29) is 24.1 Å². The molecule has 13 heteroatoms. The zero-order chi connectivity index (χ0) is 27.1. The van der Waals surface area contributed by atoms with Crippen LogP contribution in [-0.2, 0) is 11.3 Å². The molecule has 212 valence electrons. The second-order valence-corrected chi connectivity index (χ2v) is 11.2. The summed E-state index contributed by atoms with van der Waals surface area (Å²) in [6.07, 6.45) is 3.85. The van der Waals surface area contributed by atoms with Gasteiger partial charge < -0.3 is 26.4 Å². The zero-order valence-electron chi connectivity index (χ0n) is 22.1. The van der Waals surface area contributed by atoms with Crippen molar-refractivity contribution in [3.8, 4) is 5.69 Å². The van der Waals surface area contributed by atoms with E-state index in [1.807, 2.05) is 24.3 Å². The number of nitrogens with two attached hydrogens (primary N) is 2. The van der Waals surface area contributed by atoms with Gasteiger partial charge in [0.15, 0.2) is 0 Å². The summed E-state index contributed by atoms with van der Waals surface area (Å²) >= 11 is 0. The van der Waals surface area contributed by atoms with Gasteiger partial charge in [-0.3, -0.25) is 19.6 Å². The van der Waals surface area contributed by atoms with E-state index in [4.69, 9.17) is 11.5 Å². The van der Waals surface area contributed by atoms with E-state index in [9.17, 15) is 19.5 Å². The zero-order valence-corrected chi connectivity index (χ0v) is 22.9. The van der Waals surface area contributed by atoms with Gasteiger partial charge in [0.25, 0.3) is 0 Å². The minimum atomic E-state index is -1.35. The molecular formula is C26H37ClN8O4. The lowest BCUT2D eigenvalue weighted by molar-refractivity contribution is -0.139. The summed E-state index contributed by atoms with van der Waals surface area (Å²) in [5, 5.41) is 12.0. The van der Waals surface area contributed by atoms with Gasteiger partial charge in [0.1, 0.15) is 11.4 Å². The minimum absolute atomic E-state index is 0. The molecule has 0 bridgehead atoms. The first-order chi connectivity index (χ1) is 18.1. The number of anilines is 1. The molecule has 2 aromatic rings. The number of carbonyl (C=O) groups is 2. The molecule has 39 heavy (non-hydrogen) atoms. The summed E-state index contributed by atoms with van der Waals surface area (Å²) in [4.78, 5) is 47.3. The van der Waals surface area contributed by atoms with Crippen LogP contribution in [0.1, 0.15) is 25.3 Å². The van der Waals surface area contributed by atoms with Gasteiger partial charge in [0.2, 0.25) is 5.91 Å². The van der Waals surface area contributed by atoms with Crippen molar-refractivity contribution < 1.29 is 14.7 Å². The number of aliphatic hydroxyl groups excluding tert-OH is 1. The molecule has 6 N–H and O–H groups in total. The van der Waals surface area contributed by atoms with Crippen LogP contribution in [0.15, 0.2) is 41.3 Å². The first-order valence-electron chi connectivity index (χ1n) is 13.0. The highest BCUT2D eigenvalue weighted by atomic mass is 35.5. The maximum Gasteiger partial charge on any atom is 0.354 e. The molecule has 3 fully saturated rings. The van der Waals surface area contributed by atoms with Crippen LogP contribution in [0, 0.1) is 5.41 Å². The van der Waals surface area contributed by atoms with Gasteiger partial charge in [-0.05, 0) is 48.9 Å². The molecule has 5 rings (SSSR count). The van der Waals surface area contributed by atoms with Crippen molar-refractivity contribution in [2.75, 3.05) is 51.2 Å². The molecule has 1 saturated carbocycles. The quantitative estimate of drug-likeness (QED) is 0.382. The first-order valence-corrected chi connectivity index (χ1v) is 13.0. The third kappa shape index (κ3) is 6.10. The Hall–Kier alpha value is -3.03. The average molecular weight is 561 g/mol. The Labute approximate surface area is 233 Å². The molecule has 3 heterocycles. The number of likely N-dealkylation sites (tertiary alicyclic amines) is 1. The number of aromatic nitrogens is 2. The molecule has 2 saturated heterocycles. The average Bonchev–Trinajstić information content (AvgIpc) is 2.87. The molecule has 1 unspecified atom stereocenters. The van der Waals surface area contributed by atoms with Crippen molar-refractivity contribution in [2.45, 2.75) is 37.9 Å². The predicted molar refractivity (Wildman–Crippen MR) is 149 cm³/mol. The van der Waals surface area contributed by atoms with Crippen LogP contribution in [-0.4, -0.2) is 98.8 Å². The van der Waals surface area contributed by atoms with Crippen molar-refractivity contribution in [1.82, 2.24) is 24.3 Å². The second-order valence-electron chi connectivity index (χ2n) is 11.2. The highest BCUT2D eigenvalue weighted by Gasteiger charge is 2.50. The van der Waals surface area contributed by atoms with Gasteiger partial charge >= 0.3 is 11.7 Å². The number of piperazine rings is 1. The number of carbonyl (C=O) groups excluding carboxylic acids is 2.